The molecule has 2 aromatic carbocycles. The zero-order chi connectivity index (χ0) is 21.4. The first-order valence-electron chi connectivity index (χ1n) is 11.4. The second-order valence-corrected chi connectivity index (χ2v) is 7.82. The minimum Gasteiger partial charge on any atom is -0.494 e. The highest BCUT2D eigenvalue weighted by molar-refractivity contribution is 5.95. The lowest BCUT2D eigenvalue weighted by Gasteiger charge is -2.10. The van der Waals surface area contributed by atoms with Crippen LogP contribution in [0, 0.1) is 0 Å². The quantitative estimate of drug-likeness (QED) is 0.314. The van der Waals surface area contributed by atoms with Gasteiger partial charge in [0.1, 0.15) is 18.1 Å². The number of hydrogen-bond acceptors (Lipinski definition) is 3. The Bertz CT molecular complexity index is 727. The van der Waals surface area contributed by atoms with E-state index in [0.29, 0.717) is 17.9 Å². The smallest absolute Gasteiger partial charge is 0.252 e. The molecule has 0 bridgehead atoms. The van der Waals surface area contributed by atoms with E-state index in [2.05, 4.69) is 6.92 Å². The van der Waals surface area contributed by atoms with Crippen LogP contribution in [0.25, 0.3) is 0 Å². The minimum atomic E-state index is -0.485. The molecule has 0 unspecified atom stereocenters. The number of hydrogen-bond donors (Lipinski definition) is 1. The van der Waals surface area contributed by atoms with Gasteiger partial charge in [-0.25, -0.2) is 0 Å². The second kappa shape index (κ2) is 14.5. The molecule has 0 aliphatic rings. The van der Waals surface area contributed by atoms with Gasteiger partial charge in [0.05, 0.1) is 12.2 Å². The molecule has 0 radical (unpaired) electrons. The van der Waals surface area contributed by atoms with Crippen molar-refractivity contribution < 1.29 is 14.3 Å². The van der Waals surface area contributed by atoms with E-state index >= 15 is 0 Å². The van der Waals surface area contributed by atoms with Gasteiger partial charge in [-0.3, -0.25) is 4.79 Å². The highest BCUT2D eigenvalue weighted by Gasteiger charge is 2.08. The van der Waals surface area contributed by atoms with Crippen LogP contribution in [-0.2, 0) is 6.61 Å². The van der Waals surface area contributed by atoms with E-state index < -0.39 is 5.91 Å². The molecular weight excluding hydrogens is 374 g/mol. The summed E-state index contributed by atoms with van der Waals surface area (Å²) < 4.78 is 11.6. The van der Waals surface area contributed by atoms with Gasteiger partial charge in [0.25, 0.3) is 5.91 Å². The molecule has 2 rings (SSSR count). The van der Waals surface area contributed by atoms with Crippen LogP contribution >= 0.6 is 0 Å². The summed E-state index contributed by atoms with van der Waals surface area (Å²) in [6, 6.07) is 14.9. The fourth-order valence-electron chi connectivity index (χ4n) is 3.42. The van der Waals surface area contributed by atoms with E-state index in [4.69, 9.17) is 15.2 Å². The summed E-state index contributed by atoms with van der Waals surface area (Å²) in [5.41, 5.74) is 6.79. The first-order chi connectivity index (χ1) is 14.7. The van der Waals surface area contributed by atoms with E-state index in [9.17, 15) is 4.79 Å². The predicted molar refractivity (Wildman–Crippen MR) is 123 cm³/mol. The number of unbranched alkanes of at least 4 members (excludes halogenated alkanes) is 9. The largest absolute Gasteiger partial charge is 0.494 e. The Morgan fingerprint density at radius 3 is 2.00 bits per heavy atom. The van der Waals surface area contributed by atoms with Crippen molar-refractivity contribution in [1.29, 1.82) is 0 Å². The number of rotatable bonds is 16. The first kappa shape index (κ1) is 23.8. The maximum absolute atomic E-state index is 11.5. The molecule has 30 heavy (non-hydrogen) atoms. The molecule has 0 fully saturated rings. The van der Waals surface area contributed by atoms with Crippen LogP contribution in [-0.4, -0.2) is 12.5 Å². The minimum absolute atomic E-state index is 0.378. The van der Waals surface area contributed by atoms with Crippen LogP contribution in [0.15, 0.2) is 48.5 Å². The third-order valence-electron chi connectivity index (χ3n) is 5.24. The van der Waals surface area contributed by atoms with Crippen LogP contribution in [0.4, 0.5) is 0 Å². The van der Waals surface area contributed by atoms with Crippen molar-refractivity contribution in [2.24, 2.45) is 5.73 Å². The van der Waals surface area contributed by atoms with Gasteiger partial charge in [-0.05, 0) is 36.2 Å². The predicted octanol–water partition coefficient (Wildman–Crippen LogP) is 6.66. The zero-order valence-electron chi connectivity index (χ0n) is 18.4. The van der Waals surface area contributed by atoms with Crippen molar-refractivity contribution in [3.8, 4) is 11.5 Å². The molecule has 0 heterocycles. The van der Waals surface area contributed by atoms with Crippen LogP contribution in [0.3, 0.4) is 0 Å². The summed E-state index contributed by atoms with van der Waals surface area (Å²) in [5, 5.41) is 0. The Balaban J connectivity index is 1.57. The van der Waals surface area contributed by atoms with Crippen molar-refractivity contribution in [3.63, 3.8) is 0 Å². The highest BCUT2D eigenvalue weighted by atomic mass is 16.5. The van der Waals surface area contributed by atoms with Crippen molar-refractivity contribution >= 4 is 5.91 Å². The summed E-state index contributed by atoms with van der Waals surface area (Å²) in [4.78, 5) is 11.5. The standard InChI is InChI=1S/C26H37NO3/c1-2-3-4-5-6-7-8-9-10-13-20-29-23-18-16-22(17-19-23)21-30-25-15-12-11-14-24(25)26(27)28/h11-12,14-19H,2-10,13,20-21H2,1H3,(H2,27,28). The van der Waals surface area contributed by atoms with Gasteiger partial charge in [0.15, 0.2) is 0 Å². The third-order valence-corrected chi connectivity index (χ3v) is 5.24. The molecule has 0 aromatic heterocycles. The molecule has 0 spiro atoms. The summed E-state index contributed by atoms with van der Waals surface area (Å²) in [6.45, 7) is 3.40. The first-order valence-corrected chi connectivity index (χ1v) is 11.4. The van der Waals surface area contributed by atoms with Gasteiger partial charge in [0, 0.05) is 0 Å². The zero-order valence-corrected chi connectivity index (χ0v) is 18.4. The Hall–Kier alpha value is -2.49. The number of nitrogens with two attached hydrogens (primary N) is 1. The molecule has 4 heteroatoms. The Labute approximate surface area is 181 Å². The van der Waals surface area contributed by atoms with Crippen LogP contribution in [0.5, 0.6) is 11.5 Å². The van der Waals surface area contributed by atoms with E-state index in [-0.39, 0.29) is 0 Å². The van der Waals surface area contributed by atoms with Gasteiger partial charge < -0.3 is 15.2 Å². The number of primary amides is 1. The average molecular weight is 412 g/mol. The molecule has 2 N–H and O–H groups in total. The lowest BCUT2D eigenvalue weighted by Crippen LogP contribution is -2.12. The fraction of sp³-hybridized carbons (Fsp3) is 0.500. The summed E-state index contributed by atoms with van der Waals surface area (Å²) in [5.74, 6) is 0.903. The highest BCUT2D eigenvalue weighted by Crippen LogP contribution is 2.20. The van der Waals surface area contributed by atoms with E-state index in [1.54, 1.807) is 18.2 Å². The van der Waals surface area contributed by atoms with Gasteiger partial charge in [-0.1, -0.05) is 89.0 Å². The fourth-order valence-corrected chi connectivity index (χ4v) is 3.42. The number of benzene rings is 2. The van der Waals surface area contributed by atoms with Crippen molar-refractivity contribution in [2.45, 2.75) is 77.7 Å². The summed E-state index contributed by atoms with van der Waals surface area (Å²) in [7, 11) is 0. The number of amides is 1. The number of para-hydroxylation sites is 1. The van der Waals surface area contributed by atoms with Gasteiger partial charge >= 0.3 is 0 Å². The molecule has 0 aliphatic heterocycles. The van der Waals surface area contributed by atoms with E-state index in [1.807, 2.05) is 30.3 Å². The second-order valence-electron chi connectivity index (χ2n) is 7.82. The molecule has 0 atom stereocenters. The topological polar surface area (TPSA) is 61.6 Å². The molecule has 164 valence electrons. The maximum atomic E-state index is 11.5. The molecule has 4 nitrogen and oxygen atoms in total. The Morgan fingerprint density at radius 1 is 0.767 bits per heavy atom. The lowest BCUT2D eigenvalue weighted by atomic mass is 10.1. The molecule has 2 aromatic rings. The maximum Gasteiger partial charge on any atom is 0.252 e. The van der Waals surface area contributed by atoms with Crippen LogP contribution in [0.1, 0.15) is 87.1 Å². The Morgan fingerprint density at radius 2 is 1.37 bits per heavy atom. The SMILES string of the molecule is CCCCCCCCCCCCOc1ccc(COc2ccccc2C(N)=O)cc1. The monoisotopic (exact) mass is 411 g/mol. The van der Waals surface area contributed by atoms with Crippen molar-refractivity contribution in [2.75, 3.05) is 6.61 Å². The average Bonchev–Trinajstić information content (AvgIpc) is 2.77. The number of carbonyl (C=O) groups is 1. The molecule has 1 amide bonds. The van der Waals surface area contributed by atoms with Crippen molar-refractivity contribution in [1.82, 2.24) is 0 Å². The summed E-state index contributed by atoms with van der Waals surface area (Å²) >= 11 is 0. The van der Waals surface area contributed by atoms with Crippen molar-refractivity contribution in [3.05, 3.63) is 59.7 Å². The molecular formula is C26H37NO3. The van der Waals surface area contributed by atoms with E-state index in [1.165, 1.54) is 57.8 Å². The van der Waals surface area contributed by atoms with Gasteiger partial charge in [-0.15, -0.1) is 0 Å². The van der Waals surface area contributed by atoms with Crippen LogP contribution < -0.4 is 15.2 Å². The lowest BCUT2D eigenvalue weighted by molar-refractivity contribution is 0.0996. The Kier molecular flexibility index (Phi) is 11.5. The molecule has 0 aliphatic carbocycles. The van der Waals surface area contributed by atoms with E-state index in [0.717, 1.165) is 24.3 Å². The van der Waals surface area contributed by atoms with Crippen LogP contribution in [0.2, 0.25) is 0 Å². The number of ether oxygens (including phenoxy) is 2. The normalized spacial score (nSPS) is 10.7. The third kappa shape index (κ3) is 9.34. The molecule has 0 saturated heterocycles. The summed E-state index contributed by atoms with van der Waals surface area (Å²) in [6.07, 6.45) is 13.3. The number of carbonyl (C=O) groups excluding carboxylic acids is 1. The van der Waals surface area contributed by atoms with Gasteiger partial charge in [0.2, 0.25) is 0 Å². The van der Waals surface area contributed by atoms with Gasteiger partial charge in [-0.2, -0.15) is 0 Å². The molecule has 0 saturated carbocycles.